The van der Waals surface area contributed by atoms with Crippen LogP contribution in [-0.2, 0) is 0 Å². The predicted molar refractivity (Wildman–Crippen MR) is 69.3 cm³/mol. The van der Waals surface area contributed by atoms with E-state index in [1.54, 1.807) is 0 Å². The van der Waals surface area contributed by atoms with Gasteiger partial charge >= 0.3 is 0 Å². The summed E-state index contributed by atoms with van der Waals surface area (Å²) in [4.78, 5) is 2.26. The second-order valence-electron chi connectivity index (χ2n) is 6.31. The summed E-state index contributed by atoms with van der Waals surface area (Å²) >= 11 is 0. The molecule has 1 unspecified atom stereocenters. The normalized spacial score (nSPS) is 15.0. The maximum absolute atomic E-state index is 3.63. The Balaban J connectivity index is 3.82. The molecule has 92 valence electrons. The molecule has 0 heterocycles. The zero-order valence-corrected chi connectivity index (χ0v) is 11.7. The monoisotopic (exact) mass is 214 g/mol. The van der Waals surface area contributed by atoms with E-state index in [4.69, 9.17) is 0 Å². The highest BCUT2D eigenvalue weighted by Crippen LogP contribution is 2.15. The number of rotatable bonds is 7. The smallest absolute Gasteiger partial charge is 0.00413 e. The Morgan fingerprint density at radius 3 is 2.07 bits per heavy atom. The molecular formula is C13H30N2. The topological polar surface area (TPSA) is 15.3 Å². The molecule has 0 aliphatic rings. The van der Waals surface area contributed by atoms with E-state index < -0.39 is 0 Å². The average Bonchev–Trinajstić information content (AvgIpc) is 1.97. The highest BCUT2D eigenvalue weighted by atomic mass is 15.1. The van der Waals surface area contributed by atoms with Gasteiger partial charge < -0.3 is 10.2 Å². The van der Waals surface area contributed by atoms with E-state index in [2.05, 4.69) is 58.9 Å². The molecule has 0 aromatic heterocycles. The lowest BCUT2D eigenvalue weighted by atomic mass is 9.92. The molecule has 0 rings (SSSR count). The molecule has 0 aromatic rings. The summed E-state index contributed by atoms with van der Waals surface area (Å²) in [5.74, 6) is 0.782. The Labute approximate surface area is 96.4 Å². The van der Waals surface area contributed by atoms with Gasteiger partial charge in [-0.15, -0.1) is 0 Å². The van der Waals surface area contributed by atoms with E-state index in [0.29, 0.717) is 11.5 Å². The lowest BCUT2D eigenvalue weighted by Crippen LogP contribution is -2.41. The molecule has 15 heavy (non-hydrogen) atoms. The zero-order valence-electron chi connectivity index (χ0n) is 11.7. The Morgan fingerprint density at radius 2 is 1.67 bits per heavy atom. The van der Waals surface area contributed by atoms with Crippen molar-refractivity contribution in [1.82, 2.24) is 10.2 Å². The van der Waals surface area contributed by atoms with E-state index in [9.17, 15) is 0 Å². The van der Waals surface area contributed by atoms with Gasteiger partial charge in [0.1, 0.15) is 0 Å². The van der Waals surface area contributed by atoms with E-state index >= 15 is 0 Å². The quantitative estimate of drug-likeness (QED) is 0.701. The van der Waals surface area contributed by atoms with Crippen LogP contribution in [0.1, 0.15) is 41.0 Å². The molecule has 0 saturated heterocycles. The minimum Gasteiger partial charge on any atom is -0.314 e. The van der Waals surface area contributed by atoms with Crippen LogP contribution in [0.3, 0.4) is 0 Å². The molecule has 0 saturated carbocycles. The highest BCUT2D eigenvalue weighted by Gasteiger charge is 2.19. The Morgan fingerprint density at radius 1 is 1.13 bits per heavy atom. The van der Waals surface area contributed by atoms with Crippen molar-refractivity contribution in [3.8, 4) is 0 Å². The second-order valence-corrected chi connectivity index (χ2v) is 6.31. The number of nitrogens with zero attached hydrogens (tertiary/aromatic N) is 1. The first-order valence-electron chi connectivity index (χ1n) is 6.11. The van der Waals surface area contributed by atoms with E-state index in [-0.39, 0.29) is 0 Å². The van der Waals surface area contributed by atoms with Gasteiger partial charge in [0.25, 0.3) is 0 Å². The van der Waals surface area contributed by atoms with Gasteiger partial charge in [-0.2, -0.15) is 0 Å². The molecule has 0 aliphatic carbocycles. The Bertz CT molecular complexity index is 162. The van der Waals surface area contributed by atoms with Crippen LogP contribution < -0.4 is 5.32 Å². The molecule has 0 amide bonds. The molecule has 0 aliphatic heterocycles. The summed E-state index contributed by atoms with van der Waals surface area (Å²) in [5, 5.41) is 3.63. The van der Waals surface area contributed by atoms with E-state index in [0.717, 1.165) is 19.0 Å². The SMILES string of the molecule is CC(C)CC(C)NCC(C)(C)CN(C)C. The van der Waals surface area contributed by atoms with Crippen molar-refractivity contribution >= 4 is 0 Å². The summed E-state index contributed by atoms with van der Waals surface area (Å²) in [5.41, 5.74) is 0.356. The van der Waals surface area contributed by atoms with Gasteiger partial charge in [-0.05, 0) is 38.8 Å². The summed E-state index contributed by atoms with van der Waals surface area (Å²) in [6, 6.07) is 0.631. The van der Waals surface area contributed by atoms with Gasteiger partial charge in [0.05, 0.1) is 0 Å². The van der Waals surface area contributed by atoms with Gasteiger partial charge in [0, 0.05) is 19.1 Å². The lowest BCUT2D eigenvalue weighted by molar-refractivity contribution is 0.223. The molecule has 0 fully saturated rings. The van der Waals surface area contributed by atoms with Crippen LogP contribution in [0.4, 0.5) is 0 Å². The van der Waals surface area contributed by atoms with Gasteiger partial charge in [-0.25, -0.2) is 0 Å². The minimum absolute atomic E-state index is 0.356. The Hall–Kier alpha value is -0.0800. The third-order valence-corrected chi connectivity index (χ3v) is 2.50. The van der Waals surface area contributed by atoms with Crippen molar-refractivity contribution in [3.05, 3.63) is 0 Å². The van der Waals surface area contributed by atoms with Crippen LogP contribution in [0, 0.1) is 11.3 Å². The molecule has 1 atom stereocenters. The minimum atomic E-state index is 0.356. The third kappa shape index (κ3) is 8.88. The molecule has 2 heteroatoms. The van der Waals surface area contributed by atoms with Crippen molar-refractivity contribution < 1.29 is 0 Å². The van der Waals surface area contributed by atoms with Crippen molar-refractivity contribution in [3.63, 3.8) is 0 Å². The molecule has 1 N–H and O–H groups in total. The molecule has 0 radical (unpaired) electrons. The van der Waals surface area contributed by atoms with Crippen LogP contribution in [0.15, 0.2) is 0 Å². The van der Waals surface area contributed by atoms with Crippen LogP contribution in [0.2, 0.25) is 0 Å². The van der Waals surface area contributed by atoms with Gasteiger partial charge in [-0.3, -0.25) is 0 Å². The maximum atomic E-state index is 3.63. The summed E-state index contributed by atoms with van der Waals surface area (Å²) in [6.45, 7) is 13.7. The lowest BCUT2D eigenvalue weighted by Gasteiger charge is -2.30. The zero-order chi connectivity index (χ0) is 12.1. The van der Waals surface area contributed by atoms with Crippen LogP contribution in [0.5, 0.6) is 0 Å². The van der Waals surface area contributed by atoms with Crippen molar-refractivity contribution in [2.75, 3.05) is 27.2 Å². The first kappa shape index (κ1) is 14.9. The number of nitrogens with one attached hydrogen (secondary N) is 1. The Kier molecular flexibility index (Phi) is 6.46. The van der Waals surface area contributed by atoms with Gasteiger partial charge in [0.15, 0.2) is 0 Å². The summed E-state index contributed by atoms with van der Waals surface area (Å²) in [7, 11) is 4.28. The largest absolute Gasteiger partial charge is 0.314 e. The fourth-order valence-corrected chi connectivity index (χ4v) is 2.15. The van der Waals surface area contributed by atoms with Crippen molar-refractivity contribution in [2.45, 2.75) is 47.1 Å². The maximum Gasteiger partial charge on any atom is 0.00413 e. The third-order valence-electron chi connectivity index (χ3n) is 2.50. The molecule has 2 nitrogen and oxygen atoms in total. The second kappa shape index (κ2) is 6.49. The molecular weight excluding hydrogens is 184 g/mol. The average molecular weight is 214 g/mol. The van der Waals surface area contributed by atoms with Crippen LogP contribution in [-0.4, -0.2) is 38.1 Å². The molecule has 0 bridgehead atoms. The fourth-order valence-electron chi connectivity index (χ4n) is 2.15. The van der Waals surface area contributed by atoms with Crippen molar-refractivity contribution in [2.24, 2.45) is 11.3 Å². The highest BCUT2D eigenvalue weighted by molar-refractivity contribution is 4.76. The fraction of sp³-hybridized carbons (Fsp3) is 1.00. The first-order chi connectivity index (χ1) is 6.73. The van der Waals surface area contributed by atoms with Gasteiger partial charge in [0.2, 0.25) is 0 Å². The van der Waals surface area contributed by atoms with E-state index in [1.165, 1.54) is 6.42 Å². The molecule has 0 spiro atoms. The first-order valence-corrected chi connectivity index (χ1v) is 6.11. The summed E-state index contributed by atoms with van der Waals surface area (Å²) < 4.78 is 0. The van der Waals surface area contributed by atoms with Crippen LogP contribution >= 0.6 is 0 Å². The van der Waals surface area contributed by atoms with Gasteiger partial charge in [-0.1, -0.05) is 27.7 Å². The number of hydrogen-bond donors (Lipinski definition) is 1. The summed E-state index contributed by atoms with van der Waals surface area (Å²) in [6.07, 6.45) is 1.26. The van der Waals surface area contributed by atoms with Crippen LogP contribution in [0.25, 0.3) is 0 Å². The standard InChI is InChI=1S/C13H30N2/c1-11(2)8-12(3)14-9-13(4,5)10-15(6)7/h11-12,14H,8-10H2,1-7H3. The predicted octanol–water partition coefficient (Wildman–Crippen LogP) is 2.60. The number of hydrogen-bond acceptors (Lipinski definition) is 2. The van der Waals surface area contributed by atoms with E-state index in [1.807, 2.05) is 0 Å². The molecule has 0 aromatic carbocycles. The van der Waals surface area contributed by atoms with Crippen molar-refractivity contribution in [1.29, 1.82) is 0 Å².